The number of halogens is 1. The highest BCUT2D eigenvalue weighted by Crippen LogP contribution is 2.26. The monoisotopic (exact) mass is 326 g/mol. The topological polar surface area (TPSA) is 34.4 Å². The second kappa shape index (κ2) is 6.55. The molecular weight excluding hydrogens is 308 g/mol. The number of hydrogen-bond donors (Lipinski definition) is 0. The normalized spacial score (nSPS) is 11.1. The SMILES string of the molecule is CCCCc1nc2ccccn2c(=O)c1-c1ccc(Cl)cc1C. The molecule has 0 amide bonds. The predicted octanol–water partition coefficient (Wildman–Crippen LogP) is 4.67. The molecule has 23 heavy (non-hydrogen) atoms. The van der Waals surface area contributed by atoms with Crippen LogP contribution in [0.4, 0.5) is 0 Å². The summed E-state index contributed by atoms with van der Waals surface area (Å²) in [5.74, 6) is 0. The van der Waals surface area contributed by atoms with Crippen LogP contribution in [0.3, 0.4) is 0 Å². The maximum Gasteiger partial charge on any atom is 0.266 e. The van der Waals surface area contributed by atoms with Gasteiger partial charge in [-0.25, -0.2) is 4.98 Å². The number of aryl methyl sites for hydroxylation is 2. The van der Waals surface area contributed by atoms with E-state index in [-0.39, 0.29) is 5.56 Å². The van der Waals surface area contributed by atoms with Crippen LogP contribution in [0.5, 0.6) is 0 Å². The highest BCUT2D eigenvalue weighted by molar-refractivity contribution is 6.30. The van der Waals surface area contributed by atoms with Crippen LogP contribution >= 0.6 is 11.6 Å². The quantitative estimate of drug-likeness (QED) is 0.698. The fourth-order valence-electron chi connectivity index (χ4n) is 2.84. The van der Waals surface area contributed by atoms with Gasteiger partial charge in [-0.05, 0) is 55.2 Å². The van der Waals surface area contributed by atoms with Gasteiger partial charge in [0, 0.05) is 11.2 Å². The van der Waals surface area contributed by atoms with Crippen LogP contribution in [0, 0.1) is 6.92 Å². The van der Waals surface area contributed by atoms with Crippen molar-refractivity contribution in [1.29, 1.82) is 0 Å². The van der Waals surface area contributed by atoms with Crippen molar-refractivity contribution in [3.05, 3.63) is 69.2 Å². The number of unbranched alkanes of at least 4 members (excludes halogenated alkanes) is 1. The zero-order valence-electron chi connectivity index (χ0n) is 13.3. The van der Waals surface area contributed by atoms with Crippen molar-refractivity contribution in [3.8, 4) is 11.1 Å². The maximum atomic E-state index is 13.0. The van der Waals surface area contributed by atoms with E-state index in [1.54, 1.807) is 10.6 Å². The van der Waals surface area contributed by atoms with E-state index in [1.165, 1.54) is 0 Å². The van der Waals surface area contributed by atoms with E-state index in [9.17, 15) is 4.79 Å². The van der Waals surface area contributed by atoms with Crippen molar-refractivity contribution in [2.45, 2.75) is 33.1 Å². The summed E-state index contributed by atoms with van der Waals surface area (Å²) in [6.45, 7) is 4.12. The average molecular weight is 327 g/mol. The third-order valence-electron chi connectivity index (χ3n) is 4.03. The Hall–Kier alpha value is -2.13. The Morgan fingerprint density at radius 2 is 2.04 bits per heavy atom. The molecule has 0 aliphatic carbocycles. The molecule has 2 heterocycles. The van der Waals surface area contributed by atoms with Crippen molar-refractivity contribution in [2.75, 3.05) is 0 Å². The summed E-state index contributed by atoms with van der Waals surface area (Å²) in [6.07, 6.45) is 4.64. The zero-order chi connectivity index (χ0) is 16.4. The van der Waals surface area contributed by atoms with Crippen LogP contribution in [0.1, 0.15) is 31.0 Å². The van der Waals surface area contributed by atoms with Crippen molar-refractivity contribution >= 4 is 17.2 Å². The van der Waals surface area contributed by atoms with Gasteiger partial charge in [0.2, 0.25) is 0 Å². The van der Waals surface area contributed by atoms with Crippen molar-refractivity contribution in [3.63, 3.8) is 0 Å². The molecule has 3 rings (SSSR count). The van der Waals surface area contributed by atoms with E-state index in [4.69, 9.17) is 16.6 Å². The van der Waals surface area contributed by atoms with Crippen molar-refractivity contribution < 1.29 is 0 Å². The Balaban J connectivity index is 2.32. The molecule has 0 atom stereocenters. The number of pyridine rings is 1. The number of rotatable bonds is 4. The molecule has 4 heteroatoms. The van der Waals surface area contributed by atoms with Crippen LogP contribution in [0.25, 0.3) is 16.8 Å². The lowest BCUT2D eigenvalue weighted by molar-refractivity contribution is 0.774. The standard InChI is InChI=1S/C19H19ClN2O/c1-3-4-7-16-18(15-10-9-14(20)12-13(15)2)19(23)22-11-6-5-8-17(22)21-16/h5-6,8-12H,3-4,7H2,1-2H3. The number of benzene rings is 1. The van der Waals surface area contributed by atoms with Gasteiger partial charge in [0.15, 0.2) is 0 Å². The smallest absolute Gasteiger partial charge is 0.266 e. The van der Waals surface area contributed by atoms with E-state index in [0.29, 0.717) is 16.2 Å². The third kappa shape index (κ3) is 3.02. The first-order valence-electron chi connectivity index (χ1n) is 7.88. The van der Waals surface area contributed by atoms with Crippen LogP contribution in [-0.2, 0) is 6.42 Å². The summed E-state index contributed by atoms with van der Waals surface area (Å²) in [6, 6.07) is 11.3. The summed E-state index contributed by atoms with van der Waals surface area (Å²) in [5.41, 5.74) is 4.14. The molecule has 0 unspecified atom stereocenters. The Morgan fingerprint density at radius 1 is 1.22 bits per heavy atom. The van der Waals surface area contributed by atoms with Crippen molar-refractivity contribution in [2.24, 2.45) is 0 Å². The largest absolute Gasteiger partial charge is 0.268 e. The highest BCUT2D eigenvalue weighted by Gasteiger charge is 2.16. The number of nitrogens with zero attached hydrogens (tertiary/aromatic N) is 2. The minimum absolute atomic E-state index is 0.0212. The van der Waals surface area contributed by atoms with Gasteiger partial charge >= 0.3 is 0 Å². The van der Waals surface area contributed by atoms with Gasteiger partial charge in [-0.1, -0.05) is 37.1 Å². The highest BCUT2D eigenvalue weighted by atomic mass is 35.5. The van der Waals surface area contributed by atoms with E-state index >= 15 is 0 Å². The van der Waals surface area contributed by atoms with Gasteiger partial charge in [0.25, 0.3) is 5.56 Å². The Labute approximate surface area is 140 Å². The van der Waals surface area contributed by atoms with E-state index in [0.717, 1.165) is 36.1 Å². The lowest BCUT2D eigenvalue weighted by Gasteiger charge is -2.13. The molecule has 0 radical (unpaired) electrons. The molecule has 0 bridgehead atoms. The molecule has 0 N–H and O–H groups in total. The molecule has 3 aromatic rings. The maximum absolute atomic E-state index is 13.0. The molecule has 0 aliphatic heterocycles. The second-order valence-corrected chi connectivity index (χ2v) is 6.17. The molecule has 0 fully saturated rings. The minimum Gasteiger partial charge on any atom is -0.268 e. The number of aromatic nitrogens is 2. The molecular formula is C19H19ClN2O. The van der Waals surface area contributed by atoms with Crippen molar-refractivity contribution in [1.82, 2.24) is 9.38 Å². The molecule has 0 spiro atoms. The Kier molecular flexibility index (Phi) is 4.49. The summed E-state index contributed by atoms with van der Waals surface area (Å²) in [5, 5.41) is 0.676. The van der Waals surface area contributed by atoms with E-state index in [1.807, 2.05) is 43.3 Å². The first-order chi connectivity index (χ1) is 11.1. The molecule has 3 nitrogen and oxygen atoms in total. The van der Waals surface area contributed by atoms with Gasteiger partial charge in [-0.15, -0.1) is 0 Å². The molecule has 0 saturated heterocycles. The summed E-state index contributed by atoms with van der Waals surface area (Å²) >= 11 is 6.06. The first-order valence-corrected chi connectivity index (χ1v) is 8.26. The predicted molar refractivity (Wildman–Crippen MR) is 95.3 cm³/mol. The van der Waals surface area contributed by atoms with Gasteiger partial charge in [-0.3, -0.25) is 9.20 Å². The Bertz CT molecular complexity index is 915. The third-order valence-corrected chi connectivity index (χ3v) is 4.27. The van der Waals surface area contributed by atoms with Crippen LogP contribution < -0.4 is 5.56 Å². The lowest BCUT2D eigenvalue weighted by atomic mass is 9.98. The van der Waals surface area contributed by atoms with Gasteiger partial charge in [-0.2, -0.15) is 0 Å². The summed E-state index contributed by atoms with van der Waals surface area (Å²) in [4.78, 5) is 17.8. The van der Waals surface area contributed by atoms with Gasteiger partial charge in [0.1, 0.15) is 5.65 Å². The van der Waals surface area contributed by atoms with E-state index < -0.39 is 0 Å². The van der Waals surface area contributed by atoms with E-state index in [2.05, 4.69) is 6.92 Å². The molecule has 0 saturated carbocycles. The van der Waals surface area contributed by atoms with Gasteiger partial charge < -0.3 is 0 Å². The van der Waals surface area contributed by atoms with Crippen LogP contribution in [0.2, 0.25) is 5.02 Å². The average Bonchev–Trinajstić information content (AvgIpc) is 2.54. The fraction of sp³-hybridized carbons (Fsp3) is 0.263. The van der Waals surface area contributed by atoms with Crippen LogP contribution in [-0.4, -0.2) is 9.38 Å². The molecule has 118 valence electrons. The minimum atomic E-state index is -0.0212. The number of fused-ring (bicyclic) bond motifs is 1. The zero-order valence-corrected chi connectivity index (χ0v) is 14.1. The molecule has 2 aromatic heterocycles. The summed E-state index contributed by atoms with van der Waals surface area (Å²) < 4.78 is 1.61. The first kappa shape index (κ1) is 15.8. The van der Waals surface area contributed by atoms with Gasteiger partial charge in [0.05, 0.1) is 11.3 Å². The lowest BCUT2D eigenvalue weighted by Crippen LogP contribution is -2.20. The molecule has 0 aliphatic rings. The summed E-state index contributed by atoms with van der Waals surface area (Å²) in [7, 11) is 0. The second-order valence-electron chi connectivity index (χ2n) is 5.73. The molecule has 1 aromatic carbocycles. The number of hydrogen-bond acceptors (Lipinski definition) is 2. The van der Waals surface area contributed by atoms with Crippen LogP contribution in [0.15, 0.2) is 47.4 Å². The fourth-order valence-corrected chi connectivity index (χ4v) is 3.07. The Morgan fingerprint density at radius 3 is 2.78 bits per heavy atom.